The van der Waals surface area contributed by atoms with Crippen LogP contribution in [0.25, 0.3) is 0 Å². The van der Waals surface area contributed by atoms with Crippen LogP contribution in [-0.2, 0) is 4.79 Å². The Morgan fingerprint density at radius 2 is 2.00 bits per heavy atom. The molecule has 4 rings (SSSR count). The van der Waals surface area contributed by atoms with Crippen LogP contribution < -0.4 is 20.1 Å². The van der Waals surface area contributed by atoms with Gasteiger partial charge < -0.3 is 20.1 Å². The quantitative estimate of drug-likeness (QED) is 0.888. The van der Waals surface area contributed by atoms with Gasteiger partial charge in [0.15, 0.2) is 6.61 Å². The molecule has 6 nitrogen and oxygen atoms in total. The monoisotopic (exact) mass is 324 g/mol. The fourth-order valence-electron chi connectivity index (χ4n) is 2.96. The number of rotatable bonds is 2. The van der Waals surface area contributed by atoms with Crippen molar-refractivity contribution < 1.29 is 19.1 Å². The van der Waals surface area contributed by atoms with Crippen LogP contribution in [0.5, 0.6) is 11.5 Å². The smallest absolute Gasteiger partial charge is 0.262 e. The van der Waals surface area contributed by atoms with Crippen LogP contribution in [0.4, 0.5) is 5.69 Å². The lowest BCUT2D eigenvalue weighted by Crippen LogP contribution is -2.32. The molecule has 2 heterocycles. The number of benzene rings is 2. The van der Waals surface area contributed by atoms with E-state index in [0.717, 1.165) is 11.3 Å². The Labute approximate surface area is 138 Å². The SMILES string of the molecule is O=C1COc2ccc(C(=O)N[C@H]3CCOc4ccccc43)cc2N1. The lowest BCUT2D eigenvalue weighted by Gasteiger charge is -2.26. The van der Waals surface area contributed by atoms with Crippen molar-refractivity contribution >= 4 is 17.5 Å². The maximum atomic E-state index is 12.6. The topological polar surface area (TPSA) is 76.7 Å². The minimum Gasteiger partial charge on any atom is -0.493 e. The summed E-state index contributed by atoms with van der Waals surface area (Å²) in [6, 6.07) is 12.6. The van der Waals surface area contributed by atoms with Gasteiger partial charge in [-0.25, -0.2) is 0 Å². The van der Waals surface area contributed by atoms with E-state index in [1.54, 1.807) is 18.2 Å². The molecule has 24 heavy (non-hydrogen) atoms. The molecule has 1 atom stereocenters. The van der Waals surface area contributed by atoms with Gasteiger partial charge in [0, 0.05) is 17.5 Å². The van der Waals surface area contributed by atoms with Crippen LogP contribution in [0.15, 0.2) is 42.5 Å². The maximum Gasteiger partial charge on any atom is 0.262 e. The molecule has 6 heteroatoms. The van der Waals surface area contributed by atoms with Gasteiger partial charge in [-0.3, -0.25) is 9.59 Å². The zero-order chi connectivity index (χ0) is 16.5. The van der Waals surface area contributed by atoms with Crippen LogP contribution >= 0.6 is 0 Å². The summed E-state index contributed by atoms with van der Waals surface area (Å²) in [5.41, 5.74) is 1.97. The van der Waals surface area contributed by atoms with Crippen molar-refractivity contribution in [3.63, 3.8) is 0 Å². The van der Waals surface area contributed by atoms with Gasteiger partial charge in [-0.1, -0.05) is 18.2 Å². The molecule has 0 aliphatic carbocycles. The molecule has 2 aromatic rings. The second-order valence-electron chi connectivity index (χ2n) is 5.75. The van der Waals surface area contributed by atoms with Crippen molar-refractivity contribution in [2.75, 3.05) is 18.5 Å². The molecule has 2 aromatic carbocycles. The number of anilines is 1. The summed E-state index contributed by atoms with van der Waals surface area (Å²) in [7, 11) is 0. The number of ether oxygens (including phenoxy) is 2. The zero-order valence-corrected chi connectivity index (χ0v) is 12.9. The van der Waals surface area contributed by atoms with Gasteiger partial charge >= 0.3 is 0 Å². The highest BCUT2D eigenvalue weighted by molar-refractivity contribution is 6.00. The van der Waals surface area contributed by atoms with E-state index in [4.69, 9.17) is 9.47 Å². The summed E-state index contributed by atoms with van der Waals surface area (Å²) in [6.07, 6.45) is 0.716. The van der Waals surface area contributed by atoms with Gasteiger partial charge in [-0.15, -0.1) is 0 Å². The van der Waals surface area contributed by atoms with Gasteiger partial charge in [0.2, 0.25) is 0 Å². The van der Waals surface area contributed by atoms with E-state index in [1.807, 2.05) is 24.3 Å². The fraction of sp³-hybridized carbons (Fsp3) is 0.222. The molecule has 0 bridgehead atoms. The number of nitrogens with one attached hydrogen (secondary N) is 2. The number of para-hydroxylation sites is 1. The van der Waals surface area contributed by atoms with Crippen molar-refractivity contribution in [2.24, 2.45) is 0 Å². The van der Waals surface area contributed by atoms with E-state index in [0.29, 0.717) is 30.0 Å². The summed E-state index contributed by atoms with van der Waals surface area (Å²) >= 11 is 0. The third kappa shape index (κ3) is 2.67. The minimum atomic E-state index is -0.224. The Balaban J connectivity index is 1.55. The predicted molar refractivity (Wildman–Crippen MR) is 87.3 cm³/mol. The average Bonchev–Trinajstić information content (AvgIpc) is 2.61. The van der Waals surface area contributed by atoms with Crippen molar-refractivity contribution in [3.05, 3.63) is 53.6 Å². The average molecular weight is 324 g/mol. The van der Waals surface area contributed by atoms with Gasteiger partial charge in [0.1, 0.15) is 11.5 Å². The molecule has 0 saturated heterocycles. The lowest BCUT2D eigenvalue weighted by atomic mass is 10.00. The van der Waals surface area contributed by atoms with E-state index in [9.17, 15) is 9.59 Å². The van der Waals surface area contributed by atoms with E-state index in [2.05, 4.69) is 10.6 Å². The second-order valence-corrected chi connectivity index (χ2v) is 5.75. The first-order valence-corrected chi connectivity index (χ1v) is 7.80. The molecule has 2 aliphatic heterocycles. The number of carbonyl (C=O) groups is 2. The maximum absolute atomic E-state index is 12.6. The van der Waals surface area contributed by atoms with Gasteiger partial charge in [-0.2, -0.15) is 0 Å². The molecule has 0 unspecified atom stereocenters. The second kappa shape index (κ2) is 5.88. The van der Waals surface area contributed by atoms with Crippen LogP contribution in [0.2, 0.25) is 0 Å². The number of hydrogen-bond donors (Lipinski definition) is 2. The van der Waals surface area contributed by atoms with Gasteiger partial charge in [-0.05, 0) is 24.3 Å². The summed E-state index contributed by atoms with van der Waals surface area (Å²) in [5, 5.41) is 5.75. The van der Waals surface area contributed by atoms with Gasteiger partial charge in [0.05, 0.1) is 18.3 Å². The third-order valence-electron chi connectivity index (χ3n) is 4.14. The summed E-state index contributed by atoms with van der Waals surface area (Å²) < 4.78 is 10.9. The predicted octanol–water partition coefficient (Wildman–Crippen LogP) is 2.27. The Kier molecular flexibility index (Phi) is 3.57. The van der Waals surface area contributed by atoms with E-state index in [-0.39, 0.29) is 24.5 Å². The van der Waals surface area contributed by atoms with E-state index in [1.165, 1.54) is 0 Å². The molecule has 0 radical (unpaired) electrons. The fourth-order valence-corrected chi connectivity index (χ4v) is 2.96. The van der Waals surface area contributed by atoms with Crippen LogP contribution in [0, 0.1) is 0 Å². The van der Waals surface area contributed by atoms with Crippen LogP contribution in [0.1, 0.15) is 28.4 Å². The largest absolute Gasteiger partial charge is 0.493 e. The molecule has 0 aromatic heterocycles. The van der Waals surface area contributed by atoms with Crippen molar-refractivity contribution in [1.82, 2.24) is 5.32 Å². The summed E-state index contributed by atoms with van der Waals surface area (Å²) in [6.45, 7) is 0.563. The van der Waals surface area contributed by atoms with Crippen molar-refractivity contribution in [3.8, 4) is 11.5 Å². The lowest BCUT2D eigenvalue weighted by molar-refractivity contribution is -0.118. The number of hydrogen-bond acceptors (Lipinski definition) is 4. The first kappa shape index (κ1) is 14.6. The third-order valence-corrected chi connectivity index (χ3v) is 4.14. The van der Waals surface area contributed by atoms with Crippen molar-refractivity contribution in [1.29, 1.82) is 0 Å². The molecule has 2 amide bonds. The zero-order valence-electron chi connectivity index (χ0n) is 12.9. The Morgan fingerprint density at radius 3 is 2.92 bits per heavy atom. The van der Waals surface area contributed by atoms with E-state index < -0.39 is 0 Å². The Bertz CT molecular complexity index is 818. The molecule has 0 saturated carbocycles. The standard InChI is InChI=1S/C18H16N2O4/c21-17-10-24-16-6-5-11(9-14(16)19-17)18(22)20-13-7-8-23-15-4-2-1-3-12(13)15/h1-6,9,13H,7-8,10H2,(H,19,21)(H,20,22)/t13-/m0/s1. The summed E-state index contributed by atoms with van der Waals surface area (Å²) in [4.78, 5) is 24.0. The Hall–Kier alpha value is -3.02. The molecule has 0 spiro atoms. The highest BCUT2D eigenvalue weighted by Crippen LogP contribution is 2.32. The number of amides is 2. The summed E-state index contributed by atoms with van der Waals surface area (Å²) in [5.74, 6) is 0.959. The Morgan fingerprint density at radius 1 is 1.12 bits per heavy atom. The van der Waals surface area contributed by atoms with Crippen molar-refractivity contribution in [2.45, 2.75) is 12.5 Å². The highest BCUT2D eigenvalue weighted by atomic mass is 16.5. The number of fused-ring (bicyclic) bond motifs is 2. The van der Waals surface area contributed by atoms with Gasteiger partial charge in [0.25, 0.3) is 11.8 Å². The molecule has 0 fully saturated rings. The molecule has 122 valence electrons. The first-order chi connectivity index (χ1) is 11.7. The number of carbonyl (C=O) groups excluding carboxylic acids is 2. The van der Waals surface area contributed by atoms with Crippen LogP contribution in [0.3, 0.4) is 0 Å². The molecular weight excluding hydrogens is 308 g/mol. The molecular formula is C18H16N2O4. The normalized spacial score (nSPS) is 18.3. The highest BCUT2D eigenvalue weighted by Gasteiger charge is 2.24. The first-order valence-electron chi connectivity index (χ1n) is 7.80. The van der Waals surface area contributed by atoms with Crippen LogP contribution in [-0.4, -0.2) is 25.0 Å². The minimum absolute atomic E-state index is 0.00258. The molecule has 2 N–H and O–H groups in total. The molecule has 2 aliphatic rings. The van der Waals surface area contributed by atoms with E-state index >= 15 is 0 Å².